The van der Waals surface area contributed by atoms with Crippen LogP contribution in [0, 0.1) is 0 Å². The molecule has 0 radical (unpaired) electrons. The summed E-state index contributed by atoms with van der Waals surface area (Å²) in [7, 11) is 1.37. The molecule has 0 aliphatic rings. The second-order valence-electron chi connectivity index (χ2n) is 4.83. The molecule has 112 valence electrons. The summed E-state index contributed by atoms with van der Waals surface area (Å²) < 4.78 is 4.79. The van der Waals surface area contributed by atoms with Crippen molar-refractivity contribution in [2.24, 2.45) is 0 Å². The van der Waals surface area contributed by atoms with Gasteiger partial charge in [-0.3, -0.25) is 0 Å². The zero-order valence-corrected chi connectivity index (χ0v) is 12.8. The summed E-state index contributed by atoms with van der Waals surface area (Å²) in [5.41, 5.74) is 7.51. The van der Waals surface area contributed by atoms with Gasteiger partial charge in [0.25, 0.3) is 0 Å². The molecule has 5 nitrogen and oxygen atoms in total. The SMILES string of the molecule is CCN(CC)CC(C)Nc1ccc(N)cc1C(=O)OC. The molecule has 1 unspecified atom stereocenters. The topological polar surface area (TPSA) is 67.6 Å². The highest BCUT2D eigenvalue weighted by Crippen LogP contribution is 2.20. The van der Waals surface area contributed by atoms with E-state index < -0.39 is 0 Å². The van der Waals surface area contributed by atoms with Crippen molar-refractivity contribution < 1.29 is 9.53 Å². The van der Waals surface area contributed by atoms with Crippen molar-refractivity contribution in [2.75, 3.05) is 37.8 Å². The Hall–Kier alpha value is -1.75. The molecule has 0 aliphatic carbocycles. The summed E-state index contributed by atoms with van der Waals surface area (Å²) in [4.78, 5) is 14.1. The predicted octanol–water partition coefficient (Wildman–Crippen LogP) is 2.20. The van der Waals surface area contributed by atoms with Crippen LogP contribution in [0.5, 0.6) is 0 Å². The lowest BCUT2D eigenvalue weighted by atomic mass is 10.1. The summed E-state index contributed by atoms with van der Waals surface area (Å²) in [6.45, 7) is 9.30. The molecule has 0 aliphatic heterocycles. The number of rotatable bonds is 7. The number of hydrogen-bond donors (Lipinski definition) is 2. The fraction of sp³-hybridized carbons (Fsp3) is 0.533. The van der Waals surface area contributed by atoms with Gasteiger partial charge in [0.05, 0.1) is 12.7 Å². The Morgan fingerprint density at radius 3 is 2.60 bits per heavy atom. The van der Waals surface area contributed by atoms with Gasteiger partial charge >= 0.3 is 5.97 Å². The lowest BCUT2D eigenvalue weighted by Gasteiger charge is -2.24. The molecule has 0 bridgehead atoms. The average Bonchev–Trinajstić information content (AvgIpc) is 2.45. The van der Waals surface area contributed by atoms with Crippen molar-refractivity contribution in [3.05, 3.63) is 23.8 Å². The molecule has 1 aromatic carbocycles. The number of esters is 1. The number of hydrogen-bond acceptors (Lipinski definition) is 5. The van der Waals surface area contributed by atoms with Crippen LogP contribution in [0.2, 0.25) is 0 Å². The first-order valence-corrected chi connectivity index (χ1v) is 6.98. The van der Waals surface area contributed by atoms with Crippen LogP contribution in [0.1, 0.15) is 31.1 Å². The van der Waals surface area contributed by atoms with Gasteiger partial charge < -0.3 is 20.7 Å². The number of benzene rings is 1. The van der Waals surface area contributed by atoms with Crippen LogP contribution < -0.4 is 11.1 Å². The maximum atomic E-state index is 11.8. The molecular formula is C15H25N3O2. The van der Waals surface area contributed by atoms with Crippen LogP contribution in [-0.2, 0) is 4.74 Å². The Bertz CT molecular complexity index is 445. The molecular weight excluding hydrogens is 254 g/mol. The first-order valence-electron chi connectivity index (χ1n) is 6.98. The Morgan fingerprint density at radius 2 is 2.05 bits per heavy atom. The Morgan fingerprint density at radius 1 is 1.40 bits per heavy atom. The number of likely N-dealkylation sites (N-methyl/N-ethyl adjacent to an activating group) is 1. The monoisotopic (exact) mass is 279 g/mol. The minimum Gasteiger partial charge on any atom is -0.465 e. The second-order valence-corrected chi connectivity index (χ2v) is 4.83. The molecule has 1 rings (SSSR count). The number of ether oxygens (including phenoxy) is 1. The zero-order chi connectivity index (χ0) is 15.1. The van der Waals surface area contributed by atoms with Gasteiger partial charge in [-0.15, -0.1) is 0 Å². The third kappa shape index (κ3) is 4.42. The van der Waals surface area contributed by atoms with Gasteiger partial charge in [-0.1, -0.05) is 13.8 Å². The maximum Gasteiger partial charge on any atom is 0.340 e. The van der Waals surface area contributed by atoms with E-state index in [1.807, 2.05) is 6.07 Å². The van der Waals surface area contributed by atoms with Gasteiger partial charge in [-0.05, 0) is 38.2 Å². The zero-order valence-electron chi connectivity index (χ0n) is 12.8. The third-order valence-electron chi connectivity index (χ3n) is 3.28. The highest BCUT2D eigenvalue weighted by molar-refractivity contribution is 5.96. The van der Waals surface area contributed by atoms with E-state index in [-0.39, 0.29) is 12.0 Å². The first kappa shape index (κ1) is 16.3. The van der Waals surface area contributed by atoms with Crippen LogP contribution in [0.15, 0.2) is 18.2 Å². The molecule has 0 heterocycles. The highest BCUT2D eigenvalue weighted by Gasteiger charge is 2.15. The number of methoxy groups -OCH3 is 1. The number of nitrogen functional groups attached to an aromatic ring is 1. The largest absolute Gasteiger partial charge is 0.465 e. The van der Waals surface area contributed by atoms with Crippen LogP contribution in [0.3, 0.4) is 0 Å². The van der Waals surface area contributed by atoms with Gasteiger partial charge in [-0.2, -0.15) is 0 Å². The van der Waals surface area contributed by atoms with E-state index >= 15 is 0 Å². The van der Waals surface area contributed by atoms with Crippen LogP contribution in [0.25, 0.3) is 0 Å². The molecule has 5 heteroatoms. The highest BCUT2D eigenvalue weighted by atomic mass is 16.5. The van der Waals surface area contributed by atoms with Crippen LogP contribution >= 0.6 is 0 Å². The van der Waals surface area contributed by atoms with Crippen LogP contribution in [0.4, 0.5) is 11.4 Å². The molecule has 1 atom stereocenters. The molecule has 0 saturated carbocycles. The minimum atomic E-state index is -0.380. The van der Waals surface area contributed by atoms with E-state index in [1.54, 1.807) is 12.1 Å². The number of nitrogens with one attached hydrogen (secondary N) is 1. The number of nitrogens with zero attached hydrogens (tertiary/aromatic N) is 1. The lowest BCUT2D eigenvalue weighted by Crippen LogP contribution is -2.35. The van der Waals surface area contributed by atoms with E-state index in [0.29, 0.717) is 11.3 Å². The van der Waals surface area contributed by atoms with Crippen molar-refractivity contribution in [1.82, 2.24) is 4.90 Å². The average molecular weight is 279 g/mol. The number of carbonyl (C=O) groups is 1. The summed E-state index contributed by atoms with van der Waals surface area (Å²) in [5, 5.41) is 3.35. The summed E-state index contributed by atoms with van der Waals surface area (Å²) in [6.07, 6.45) is 0. The Balaban J connectivity index is 2.83. The van der Waals surface area contributed by atoms with Gasteiger partial charge in [0.1, 0.15) is 0 Å². The fourth-order valence-electron chi connectivity index (χ4n) is 2.15. The third-order valence-corrected chi connectivity index (χ3v) is 3.28. The van der Waals surface area contributed by atoms with Gasteiger partial charge in [0.2, 0.25) is 0 Å². The molecule has 1 aromatic rings. The van der Waals surface area contributed by atoms with Crippen molar-refractivity contribution in [3.8, 4) is 0 Å². The number of carbonyl (C=O) groups excluding carboxylic acids is 1. The first-order chi connectivity index (χ1) is 9.51. The molecule has 0 spiro atoms. The van der Waals surface area contributed by atoms with Crippen molar-refractivity contribution in [2.45, 2.75) is 26.8 Å². The molecule has 0 aromatic heterocycles. The fourth-order valence-corrected chi connectivity index (χ4v) is 2.15. The Kier molecular flexibility index (Phi) is 6.31. The van der Waals surface area contributed by atoms with E-state index in [9.17, 15) is 4.79 Å². The van der Waals surface area contributed by atoms with Crippen molar-refractivity contribution in [1.29, 1.82) is 0 Å². The Labute approximate surface area is 121 Å². The quantitative estimate of drug-likeness (QED) is 0.591. The smallest absolute Gasteiger partial charge is 0.340 e. The van der Waals surface area contributed by atoms with E-state index in [2.05, 4.69) is 31.0 Å². The van der Waals surface area contributed by atoms with Gasteiger partial charge in [0.15, 0.2) is 0 Å². The van der Waals surface area contributed by atoms with Gasteiger partial charge in [0, 0.05) is 24.0 Å². The lowest BCUT2D eigenvalue weighted by molar-refractivity contribution is 0.0602. The van der Waals surface area contributed by atoms with E-state index in [4.69, 9.17) is 10.5 Å². The number of nitrogens with two attached hydrogens (primary N) is 1. The predicted molar refractivity (Wildman–Crippen MR) is 83.1 cm³/mol. The van der Waals surface area contributed by atoms with Crippen molar-refractivity contribution in [3.63, 3.8) is 0 Å². The van der Waals surface area contributed by atoms with E-state index in [1.165, 1.54) is 7.11 Å². The molecule has 3 N–H and O–H groups in total. The molecule has 0 fully saturated rings. The second kappa shape index (κ2) is 7.75. The summed E-state index contributed by atoms with van der Waals surface area (Å²) in [6, 6.07) is 5.46. The summed E-state index contributed by atoms with van der Waals surface area (Å²) >= 11 is 0. The van der Waals surface area contributed by atoms with Crippen LogP contribution in [-0.4, -0.2) is 43.7 Å². The molecule has 0 saturated heterocycles. The van der Waals surface area contributed by atoms with E-state index in [0.717, 1.165) is 25.3 Å². The standard InChI is InChI=1S/C15H25N3O2/c1-5-18(6-2)10-11(3)17-14-8-7-12(16)9-13(14)15(19)20-4/h7-9,11,17H,5-6,10,16H2,1-4H3. The maximum absolute atomic E-state index is 11.8. The normalized spacial score (nSPS) is 12.2. The molecule has 20 heavy (non-hydrogen) atoms. The molecule has 0 amide bonds. The minimum absolute atomic E-state index is 0.224. The summed E-state index contributed by atoms with van der Waals surface area (Å²) in [5.74, 6) is -0.380. The number of anilines is 2. The van der Waals surface area contributed by atoms with Crippen molar-refractivity contribution >= 4 is 17.3 Å². The van der Waals surface area contributed by atoms with Gasteiger partial charge in [-0.25, -0.2) is 4.79 Å².